The van der Waals surface area contributed by atoms with Crippen LogP contribution in [0.4, 0.5) is 0 Å². The molecule has 2 aliphatic heterocycles. The summed E-state index contributed by atoms with van der Waals surface area (Å²) in [7, 11) is 0. The Morgan fingerprint density at radius 3 is 1.00 bits per heavy atom. The Balaban J connectivity index is -0.000000324. The summed E-state index contributed by atoms with van der Waals surface area (Å²) in [6.45, 7) is 13.3. The van der Waals surface area contributed by atoms with Crippen molar-refractivity contribution in [3.05, 3.63) is 0 Å². The van der Waals surface area contributed by atoms with Gasteiger partial charge < -0.3 is 49.7 Å². The van der Waals surface area contributed by atoms with E-state index in [-0.39, 0.29) is 30.6 Å². The van der Waals surface area contributed by atoms with E-state index >= 15 is 0 Å². The molecule has 1 radical (unpaired) electrons. The van der Waals surface area contributed by atoms with Gasteiger partial charge in [-0.05, 0) is 33.6 Å². The molecule has 51 heavy (non-hydrogen) atoms. The summed E-state index contributed by atoms with van der Waals surface area (Å²) in [6, 6.07) is 0. The Labute approximate surface area is 321 Å². The number of rotatable bonds is 24. The maximum atomic E-state index is 8.98. The number of nitrogens with zero attached hydrogens (tertiary/aromatic N) is 4. The van der Waals surface area contributed by atoms with Crippen molar-refractivity contribution in [2.24, 2.45) is 9.98 Å². The number of hydrogen-bond acceptors (Lipinski definition) is 12. The third-order valence-electron chi connectivity index (χ3n) is 7.81. The van der Waals surface area contributed by atoms with E-state index in [2.05, 4.69) is 33.6 Å². The van der Waals surface area contributed by atoms with Crippen LogP contribution in [-0.4, -0.2) is 102 Å². The molecule has 0 unspecified atom stereocenters. The first-order valence-electron chi connectivity index (χ1n) is 19.3. The second kappa shape index (κ2) is 44.0. The molecule has 0 aromatic carbocycles. The number of unbranched alkanes of at least 4 members (excludes halogenated alkanes) is 16. The topological polar surface area (TPSA) is 192 Å². The fourth-order valence-corrected chi connectivity index (χ4v) is 5.44. The number of aliphatic carboxylic acids is 3. The third-order valence-corrected chi connectivity index (χ3v) is 7.81. The summed E-state index contributed by atoms with van der Waals surface area (Å²) in [5, 5.41) is 44.6. The molecular formula is C38H73CrN4O8. The Bertz CT molecular complexity index is 771. The van der Waals surface area contributed by atoms with Gasteiger partial charge in [-0.3, -0.25) is 9.98 Å². The molecule has 0 bridgehead atoms. The zero-order valence-electron chi connectivity index (χ0n) is 32.8. The van der Waals surface area contributed by atoms with Gasteiger partial charge in [-0.1, -0.05) is 117 Å². The first-order chi connectivity index (χ1) is 24.0. The van der Waals surface area contributed by atoms with Gasteiger partial charge in [0.25, 0.3) is 0 Å². The molecule has 2 aliphatic rings. The summed E-state index contributed by atoms with van der Waals surface area (Å²) < 4.78 is 0. The molecule has 0 atom stereocenters. The van der Waals surface area contributed by atoms with Crippen molar-refractivity contribution < 1.29 is 57.3 Å². The van der Waals surface area contributed by atoms with E-state index in [1.165, 1.54) is 127 Å². The predicted molar refractivity (Wildman–Crippen MR) is 198 cm³/mol. The maximum Gasteiger partial charge on any atom is 3.00 e. The fourth-order valence-electron chi connectivity index (χ4n) is 5.44. The van der Waals surface area contributed by atoms with Gasteiger partial charge in [0.1, 0.15) is 0 Å². The summed E-state index contributed by atoms with van der Waals surface area (Å²) >= 11 is 0. The van der Waals surface area contributed by atoms with Crippen LogP contribution in [0.3, 0.4) is 0 Å². The molecule has 0 saturated carbocycles. The number of β-amino-alcohol motifs (C(OH)–C–C–N with tert-alkyl or cyclic N) is 2. The molecule has 0 aliphatic carbocycles. The van der Waals surface area contributed by atoms with Crippen molar-refractivity contribution in [1.82, 2.24) is 9.80 Å². The summed E-state index contributed by atoms with van der Waals surface area (Å²) in [5.74, 6) is -0.783. The molecule has 2 heterocycles. The van der Waals surface area contributed by atoms with Crippen molar-refractivity contribution in [2.45, 2.75) is 163 Å². The van der Waals surface area contributed by atoms with E-state index in [1.807, 2.05) is 0 Å². The van der Waals surface area contributed by atoms with Crippen LogP contribution in [0, 0.1) is 0 Å². The first kappa shape index (κ1) is 55.6. The molecule has 12 nitrogen and oxygen atoms in total. The number of aliphatic imine (C=N–C) groups is 2. The van der Waals surface area contributed by atoms with Crippen LogP contribution in [0.2, 0.25) is 0 Å². The average molecular weight is 766 g/mol. The molecule has 0 saturated heterocycles. The number of carboxylic acid groups (broad SMARTS) is 3. The fraction of sp³-hybridized carbons (Fsp3) is 0.868. The smallest absolute Gasteiger partial charge is 0.550 e. The van der Waals surface area contributed by atoms with Crippen molar-refractivity contribution in [1.29, 1.82) is 0 Å². The van der Waals surface area contributed by atoms with Crippen molar-refractivity contribution in [3.8, 4) is 0 Å². The molecule has 0 amide bonds. The zero-order valence-corrected chi connectivity index (χ0v) is 34.1. The SMILES string of the molecule is CC(=O)[O-].CC(=O)[O-].CC(=O)[O-].CCCCCCCCCCCC1=NCCN1CCO.CCCCCCCCCCCC1=NCCN1CCO.[Cr+3]. The number of amidine groups is 2. The van der Waals surface area contributed by atoms with Gasteiger partial charge in [-0.2, -0.15) is 0 Å². The van der Waals surface area contributed by atoms with E-state index in [1.54, 1.807) is 0 Å². The Morgan fingerprint density at radius 2 is 0.765 bits per heavy atom. The van der Waals surface area contributed by atoms with Crippen molar-refractivity contribution in [2.75, 3.05) is 52.5 Å². The van der Waals surface area contributed by atoms with E-state index in [9.17, 15) is 0 Å². The van der Waals surface area contributed by atoms with Crippen LogP contribution in [0.25, 0.3) is 0 Å². The standard InChI is InChI=1S/2C16H32N2O.3C2H4O2.Cr/c2*1-2-3-4-5-6-7-8-9-10-11-16-17-12-13-18(16)14-15-19;3*1-2(3)4;/h2*19H,2-15H2,1H3;3*1H3,(H,3,4);/q;;;;;+3/p-3. The van der Waals surface area contributed by atoms with Crippen molar-refractivity contribution in [3.63, 3.8) is 0 Å². The van der Waals surface area contributed by atoms with Gasteiger partial charge in [0.15, 0.2) is 0 Å². The van der Waals surface area contributed by atoms with Gasteiger partial charge in [0, 0.05) is 56.9 Å². The Kier molecular flexibility index (Phi) is 47.9. The first-order valence-corrected chi connectivity index (χ1v) is 19.3. The number of carboxylic acids is 3. The molecule has 0 aromatic rings. The van der Waals surface area contributed by atoms with Gasteiger partial charge in [0.05, 0.1) is 38.0 Å². The predicted octanol–water partition coefficient (Wildman–Crippen LogP) is 3.49. The Hall–Kier alpha value is -2.20. The number of carbonyl (C=O) groups is 3. The molecule has 2 N–H and O–H groups in total. The van der Waals surface area contributed by atoms with Gasteiger partial charge in [-0.25, -0.2) is 0 Å². The van der Waals surface area contributed by atoms with Crippen LogP contribution in [0.1, 0.15) is 163 Å². The van der Waals surface area contributed by atoms with Gasteiger partial charge in [0.2, 0.25) is 0 Å². The second-order valence-electron chi connectivity index (χ2n) is 12.6. The largest absolute Gasteiger partial charge is 3.00 e. The van der Waals surface area contributed by atoms with E-state index < -0.39 is 17.9 Å². The van der Waals surface area contributed by atoms with Crippen LogP contribution in [0.5, 0.6) is 0 Å². The minimum absolute atomic E-state index is 0. The molecule has 13 heteroatoms. The van der Waals surface area contributed by atoms with Crippen LogP contribution in [-0.2, 0) is 31.7 Å². The quantitative estimate of drug-likeness (QED) is 0.138. The minimum atomic E-state index is -1.08. The zero-order chi connectivity index (χ0) is 38.3. The maximum absolute atomic E-state index is 8.98. The molecule has 0 aromatic heterocycles. The summed E-state index contributed by atoms with van der Waals surface area (Å²) in [6.07, 6.45) is 26.9. The van der Waals surface area contributed by atoms with E-state index in [4.69, 9.17) is 39.9 Å². The summed E-state index contributed by atoms with van der Waals surface area (Å²) in [5.41, 5.74) is 0. The van der Waals surface area contributed by atoms with E-state index in [0.29, 0.717) is 0 Å². The monoisotopic (exact) mass is 765 g/mol. The normalized spacial score (nSPS) is 12.7. The van der Waals surface area contributed by atoms with Crippen molar-refractivity contribution >= 4 is 29.6 Å². The van der Waals surface area contributed by atoms with Gasteiger partial charge >= 0.3 is 17.4 Å². The molecule has 0 spiro atoms. The number of hydrogen-bond donors (Lipinski definition) is 2. The number of carbonyl (C=O) groups excluding carboxylic acids is 3. The van der Waals surface area contributed by atoms with Gasteiger partial charge in [-0.15, -0.1) is 0 Å². The minimum Gasteiger partial charge on any atom is -0.550 e. The van der Waals surface area contributed by atoms with Crippen LogP contribution >= 0.6 is 0 Å². The number of aliphatic hydroxyl groups excluding tert-OH is 2. The second-order valence-corrected chi connectivity index (χ2v) is 12.6. The molecule has 2 rings (SSSR count). The molecular weight excluding hydrogens is 692 g/mol. The molecule has 299 valence electrons. The number of aliphatic hydroxyl groups is 2. The average Bonchev–Trinajstić information content (AvgIpc) is 3.68. The summed E-state index contributed by atoms with van der Waals surface area (Å²) in [4.78, 5) is 40.2. The Morgan fingerprint density at radius 1 is 0.529 bits per heavy atom. The van der Waals surface area contributed by atoms with E-state index in [0.717, 1.165) is 72.9 Å². The molecule has 0 fully saturated rings. The third kappa shape index (κ3) is 47.8. The van der Waals surface area contributed by atoms with Crippen LogP contribution in [0.15, 0.2) is 9.98 Å². The van der Waals surface area contributed by atoms with Crippen LogP contribution < -0.4 is 15.3 Å².